The molecule has 0 amide bonds. The van der Waals surface area contributed by atoms with E-state index in [1.54, 1.807) is 0 Å². The number of methoxy groups -OCH3 is 3. The molecule has 7 heteroatoms. The molecule has 0 saturated carbocycles. The van der Waals surface area contributed by atoms with Crippen LogP contribution in [0.15, 0.2) is 17.1 Å². The summed E-state index contributed by atoms with van der Waals surface area (Å²) in [5.74, 6) is -1.11. The molecule has 0 saturated heterocycles. The van der Waals surface area contributed by atoms with Crippen LogP contribution in [0.2, 0.25) is 0 Å². The van der Waals surface area contributed by atoms with Gasteiger partial charge in [-0.15, -0.1) is 0 Å². The van der Waals surface area contributed by atoms with Gasteiger partial charge in [-0.1, -0.05) is 0 Å². The Morgan fingerprint density at radius 3 is 2.58 bits per heavy atom. The van der Waals surface area contributed by atoms with E-state index in [1.807, 2.05) is 0 Å². The van der Waals surface area contributed by atoms with Crippen LogP contribution >= 0.6 is 0 Å². The average Bonchev–Trinajstić information content (AvgIpc) is 2.39. The van der Waals surface area contributed by atoms with E-state index in [4.69, 9.17) is 19.3 Å². The third kappa shape index (κ3) is 3.80. The van der Waals surface area contributed by atoms with Crippen molar-refractivity contribution < 1.29 is 24.1 Å². The van der Waals surface area contributed by atoms with Gasteiger partial charge in [0, 0.05) is 20.3 Å². The highest BCUT2D eigenvalue weighted by Crippen LogP contribution is 2.09. The lowest BCUT2D eigenvalue weighted by Gasteiger charge is -2.18. The summed E-state index contributed by atoms with van der Waals surface area (Å²) in [6.07, 6.45) is 1.03. The number of nitrogens with zero attached hydrogens (tertiary/aromatic N) is 1. The summed E-state index contributed by atoms with van der Waals surface area (Å²) < 4.78 is 16.4. The number of aromatic carboxylic acids is 1. The van der Waals surface area contributed by atoms with Crippen LogP contribution in [0.1, 0.15) is 10.5 Å². The number of hydrogen-bond acceptors (Lipinski definition) is 5. The highest BCUT2D eigenvalue weighted by Gasteiger charge is 2.16. The van der Waals surface area contributed by atoms with Gasteiger partial charge in [0.25, 0.3) is 0 Å². The predicted molar refractivity (Wildman–Crippen MR) is 66.9 cm³/mol. The van der Waals surface area contributed by atoms with Gasteiger partial charge in [0.1, 0.15) is 5.69 Å². The molecular formula is C12H17NO6. The Balaban J connectivity index is 3.15. The van der Waals surface area contributed by atoms with Crippen LogP contribution in [0, 0.1) is 0 Å². The lowest BCUT2D eigenvalue weighted by atomic mass is 10.2. The van der Waals surface area contributed by atoms with Crippen LogP contribution in [-0.2, 0) is 16.0 Å². The third-order valence-corrected chi connectivity index (χ3v) is 2.62. The number of pyridine rings is 1. The monoisotopic (exact) mass is 271 g/mol. The molecule has 1 heterocycles. The Morgan fingerprint density at radius 1 is 1.42 bits per heavy atom. The van der Waals surface area contributed by atoms with Crippen molar-refractivity contribution in [3.05, 3.63) is 28.2 Å². The maximum Gasteiger partial charge on any atom is 0.352 e. The number of carbonyl (C=O) groups is 1. The molecule has 0 aliphatic carbocycles. The number of carboxylic acids is 1. The number of ether oxygens (including phenoxy) is 3. The molecule has 1 atom stereocenters. The van der Waals surface area contributed by atoms with Crippen LogP contribution in [0.5, 0.6) is 5.75 Å². The summed E-state index contributed by atoms with van der Waals surface area (Å²) in [6, 6.07) is 1.03. The van der Waals surface area contributed by atoms with Crippen LogP contribution < -0.4 is 10.2 Å². The SMILES string of the molecule is COCC(Cn1cc(OC)c(=O)cc1C(=O)O)OC. The normalized spacial score (nSPS) is 12.2. The molecule has 0 aliphatic rings. The molecule has 0 aromatic carbocycles. The van der Waals surface area contributed by atoms with Crippen LogP contribution in [0.3, 0.4) is 0 Å². The maximum absolute atomic E-state index is 11.6. The first-order valence-electron chi connectivity index (χ1n) is 5.57. The van der Waals surface area contributed by atoms with Crippen LogP contribution in [0.4, 0.5) is 0 Å². The molecule has 1 aromatic rings. The van der Waals surface area contributed by atoms with Crippen molar-refractivity contribution in [2.75, 3.05) is 27.9 Å². The molecule has 1 N–H and O–H groups in total. The Morgan fingerprint density at radius 2 is 2.11 bits per heavy atom. The topological polar surface area (TPSA) is 87.0 Å². The van der Waals surface area contributed by atoms with E-state index < -0.39 is 11.4 Å². The van der Waals surface area contributed by atoms with E-state index in [-0.39, 0.29) is 24.1 Å². The average molecular weight is 271 g/mol. The lowest BCUT2D eigenvalue weighted by Crippen LogP contribution is -2.27. The van der Waals surface area contributed by atoms with E-state index in [9.17, 15) is 9.59 Å². The molecule has 1 unspecified atom stereocenters. The van der Waals surface area contributed by atoms with E-state index in [0.717, 1.165) is 6.07 Å². The van der Waals surface area contributed by atoms with Gasteiger partial charge in [-0.05, 0) is 0 Å². The van der Waals surface area contributed by atoms with Crippen molar-refractivity contribution in [2.24, 2.45) is 0 Å². The highest BCUT2D eigenvalue weighted by molar-refractivity contribution is 5.85. The van der Waals surface area contributed by atoms with E-state index in [2.05, 4.69) is 0 Å². The summed E-state index contributed by atoms with van der Waals surface area (Å²) in [6.45, 7) is 0.548. The first-order chi connectivity index (χ1) is 9.03. The number of carboxylic acid groups (broad SMARTS) is 1. The molecule has 0 radical (unpaired) electrons. The first-order valence-corrected chi connectivity index (χ1v) is 5.57. The van der Waals surface area contributed by atoms with E-state index in [0.29, 0.717) is 6.61 Å². The molecule has 0 aliphatic heterocycles. The quantitative estimate of drug-likeness (QED) is 0.763. The fourth-order valence-electron chi connectivity index (χ4n) is 1.64. The summed E-state index contributed by atoms with van der Waals surface area (Å²) >= 11 is 0. The fraction of sp³-hybridized carbons (Fsp3) is 0.500. The van der Waals surface area contributed by atoms with Crippen molar-refractivity contribution in [2.45, 2.75) is 12.6 Å². The highest BCUT2D eigenvalue weighted by atomic mass is 16.5. The largest absolute Gasteiger partial charge is 0.491 e. The molecule has 7 nitrogen and oxygen atoms in total. The minimum Gasteiger partial charge on any atom is -0.491 e. The van der Waals surface area contributed by atoms with Crippen molar-refractivity contribution in [3.63, 3.8) is 0 Å². The summed E-state index contributed by atoms with van der Waals surface area (Å²) in [4.78, 5) is 22.7. The lowest BCUT2D eigenvalue weighted by molar-refractivity contribution is 0.0173. The minimum absolute atomic E-state index is 0.0808. The third-order valence-electron chi connectivity index (χ3n) is 2.62. The number of hydrogen-bond donors (Lipinski definition) is 1. The molecule has 19 heavy (non-hydrogen) atoms. The van der Waals surface area contributed by atoms with Gasteiger partial charge >= 0.3 is 5.97 Å². The Labute approximate surface area is 110 Å². The van der Waals surface area contributed by atoms with Gasteiger partial charge in [-0.25, -0.2) is 4.79 Å². The molecule has 0 fully saturated rings. The van der Waals surface area contributed by atoms with Crippen molar-refractivity contribution >= 4 is 5.97 Å². The molecule has 0 bridgehead atoms. The Kier molecular flexibility index (Phi) is 5.53. The molecule has 106 valence electrons. The predicted octanol–water partition coefficient (Wildman–Crippen LogP) is 0.217. The zero-order valence-electron chi connectivity index (χ0n) is 11.1. The van der Waals surface area contributed by atoms with Crippen molar-refractivity contribution in [1.29, 1.82) is 0 Å². The summed E-state index contributed by atoms with van der Waals surface area (Å²) in [5, 5.41) is 9.10. The van der Waals surface area contributed by atoms with Crippen molar-refractivity contribution in [3.8, 4) is 5.75 Å². The zero-order valence-corrected chi connectivity index (χ0v) is 11.1. The smallest absolute Gasteiger partial charge is 0.352 e. The second-order valence-electron chi connectivity index (χ2n) is 3.86. The first kappa shape index (κ1) is 15.2. The van der Waals surface area contributed by atoms with E-state index in [1.165, 1.54) is 32.1 Å². The van der Waals surface area contributed by atoms with Crippen molar-refractivity contribution in [1.82, 2.24) is 4.57 Å². The number of rotatable bonds is 7. The second kappa shape index (κ2) is 6.91. The van der Waals surface area contributed by atoms with Crippen LogP contribution in [0.25, 0.3) is 0 Å². The Bertz CT molecular complexity index is 495. The molecule has 1 aromatic heterocycles. The van der Waals surface area contributed by atoms with E-state index >= 15 is 0 Å². The van der Waals surface area contributed by atoms with Gasteiger partial charge in [0.05, 0.1) is 32.6 Å². The van der Waals surface area contributed by atoms with Crippen LogP contribution in [-0.4, -0.2) is 49.7 Å². The van der Waals surface area contributed by atoms with Gasteiger partial charge in [-0.3, -0.25) is 4.79 Å². The molecule has 1 rings (SSSR count). The summed E-state index contributed by atoms with van der Waals surface area (Å²) in [7, 11) is 4.38. The van der Waals surface area contributed by atoms with Gasteiger partial charge in [0.15, 0.2) is 5.75 Å². The maximum atomic E-state index is 11.6. The standard InChI is InChI=1S/C12H17NO6/c1-17-7-8(18-2)5-13-6-11(19-3)10(14)4-9(13)12(15)16/h4,6,8H,5,7H2,1-3H3,(H,15,16). The summed E-state index contributed by atoms with van der Waals surface area (Å²) in [5.41, 5.74) is -0.596. The molecule has 0 spiro atoms. The van der Waals surface area contributed by atoms with Gasteiger partial charge in [0.2, 0.25) is 5.43 Å². The Hall–Kier alpha value is -1.86. The zero-order chi connectivity index (χ0) is 14.4. The second-order valence-corrected chi connectivity index (χ2v) is 3.86. The minimum atomic E-state index is -1.19. The van der Waals surface area contributed by atoms with Gasteiger partial charge in [-0.2, -0.15) is 0 Å². The fourth-order valence-corrected chi connectivity index (χ4v) is 1.64. The molecular weight excluding hydrogens is 254 g/mol. The number of aromatic nitrogens is 1. The van der Waals surface area contributed by atoms with Gasteiger partial charge < -0.3 is 23.9 Å².